The van der Waals surface area contributed by atoms with E-state index in [1.54, 1.807) is 0 Å². The molecule has 154 valence electrons. The molecule has 4 nitrogen and oxygen atoms in total. The Kier molecular flexibility index (Phi) is 7.25. The molecule has 0 spiro atoms. The molecule has 0 saturated heterocycles. The number of hydrogen-bond donors (Lipinski definition) is 2. The first-order valence-electron chi connectivity index (χ1n) is 9.23. The number of aryl methyl sites for hydroxylation is 2. The highest BCUT2D eigenvalue weighted by Crippen LogP contribution is 2.31. The molecule has 0 bridgehead atoms. The number of H-pyrrole nitrogens is 2. The molecule has 0 aliphatic rings. The van der Waals surface area contributed by atoms with Gasteiger partial charge in [0.05, 0.1) is 27.0 Å². The van der Waals surface area contributed by atoms with E-state index in [0.717, 1.165) is 38.4 Å². The molecule has 0 radical (unpaired) electrons. The summed E-state index contributed by atoms with van der Waals surface area (Å²) in [5.41, 5.74) is 6.82. The first-order valence-corrected chi connectivity index (χ1v) is 10.8. The minimum atomic E-state index is 0.625. The fourth-order valence-electron chi connectivity index (χ4n) is 3.06. The van der Waals surface area contributed by atoms with Crippen molar-refractivity contribution in [1.82, 2.24) is 9.97 Å². The van der Waals surface area contributed by atoms with Crippen molar-refractivity contribution < 1.29 is 0 Å². The lowest BCUT2D eigenvalue weighted by atomic mass is 10.1. The van der Waals surface area contributed by atoms with Crippen LogP contribution in [0.1, 0.15) is 22.5 Å². The molecule has 4 aromatic rings. The van der Waals surface area contributed by atoms with Crippen molar-refractivity contribution in [2.75, 3.05) is 0 Å². The minimum absolute atomic E-state index is 0.625. The predicted molar refractivity (Wildman–Crippen MR) is 129 cm³/mol. The van der Waals surface area contributed by atoms with Crippen molar-refractivity contribution in [1.29, 1.82) is 10.5 Å². The molecule has 2 aromatic heterocycles. The second-order valence-electron chi connectivity index (χ2n) is 6.79. The van der Waals surface area contributed by atoms with Crippen molar-refractivity contribution in [2.24, 2.45) is 0 Å². The number of halogens is 3. The van der Waals surface area contributed by atoms with Crippen LogP contribution in [0.3, 0.4) is 0 Å². The molecule has 7 heteroatoms. The Morgan fingerprint density at radius 3 is 1.77 bits per heavy atom. The summed E-state index contributed by atoms with van der Waals surface area (Å²) in [5.74, 6) is 0. The topological polar surface area (TPSA) is 79.2 Å². The van der Waals surface area contributed by atoms with Gasteiger partial charge in [0, 0.05) is 21.4 Å². The van der Waals surface area contributed by atoms with Gasteiger partial charge in [0.25, 0.3) is 0 Å². The molecule has 0 amide bonds. The van der Waals surface area contributed by atoms with Gasteiger partial charge in [-0.25, -0.2) is 0 Å². The first-order chi connectivity index (χ1) is 14.8. The third-order valence-corrected chi connectivity index (χ3v) is 6.06. The van der Waals surface area contributed by atoms with Crippen LogP contribution in [-0.2, 0) is 0 Å². The minimum Gasteiger partial charge on any atom is -0.358 e. The fraction of sp³-hybridized carbons (Fsp3) is 0.0833. The van der Waals surface area contributed by atoms with Gasteiger partial charge in [-0.3, -0.25) is 0 Å². The monoisotopic (exact) mass is 510 g/mol. The van der Waals surface area contributed by atoms with E-state index in [9.17, 15) is 0 Å². The third-order valence-electron chi connectivity index (χ3n) is 4.56. The van der Waals surface area contributed by atoms with Gasteiger partial charge < -0.3 is 9.97 Å². The lowest BCUT2D eigenvalue weighted by Crippen LogP contribution is -1.81. The lowest BCUT2D eigenvalue weighted by Gasteiger charge is -1.99. The molecule has 31 heavy (non-hydrogen) atoms. The van der Waals surface area contributed by atoms with Crippen LogP contribution in [0.4, 0.5) is 0 Å². The van der Waals surface area contributed by atoms with Gasteiger partial charge in [-0.05, 0) is 71.2 Å². The van der Waals surface area contributed by atoms with Crippen molar-refractivity contribution in [3.8, 4) is 34.7 Å². The Labute approximate surface area is 199 Å². The molecule has 0 fully saturated rings. The normalized spacial score (nSPS) is 10.0. The quantitative estimate of drug-likeness (QED) is 0.288. The molecule has 0 unspecified atom stereocenters. The number of aromatic nitrogens is 2. The van der Waals surface area contributed by atoms with Gasteiger partial charge in [-0.2, -0.15) is 10.5 Å². The number of hydrogen-bond acceptors (Lipinski definition) is 2. The van der Waals surface area contributed by atoms with Gasteiger partial charge in [-0.1, -0.05) is 47.5 Å². The second-order valence-corrected chi connectivity index (χ2v) is 8.46. The molecule has 0 aliphatic heterocycles. The maximum absolute atomic E-state index is 9.10. The summed E-state index contributed by atoms with van der Waals surface area (Å²) in [4.78, 5) is 6.35. The maximum Gasteiger partial charge on any atom is 0.103 e. The molecule has 2 aromatic carbocycles. The highest BCUT2D eigenvalue weighted by Gasteiger charge is 2.14. The maximum atomic E-state index is 9.10. The molecule has 4 rings (SSSR count). The van der Waals surface area contributed by atoms with E-state index in [0.29, 0.717) is 21.2 Å². The Bertz CT molecular complexity index is 1290. The summed E-state index contributed by atoms with van der Waals surface area (Å²) < 4.78 is 0.819. The van der Waals surface area contributed by atoms with E-state index >= 15 is 0 Å². The van der Waals surface area contributed by atoms with Gasteiger partial charge >= 0.3 is 0 Å². The number of benzene rings is 2. The fourth-order valence-corrected chi connectivity index (χ4v) is 3.70. The zero-order valence-corrected chi connectivity index (χ0v) is 19.8. The van der Waals surface area contributed by atoms with Gasteiger partial charge in [-0.15, -0.1) is 0 Å². The second kappa shape index (κ2) is 9.90. The Morgan fingerprint density at radius 1 is 0.774 bits per heavy atom. The molecule has 0 saturated carbocycles. The van der Waals surface area contributed by atoms with Gasteiger partial charge in [0.15, 0.2) is 0 Å². The summed E-state index contributed by atoms with van der Waals surface area (Å²) in [7, 11) is 0. The highest BCUT2D eigenvalue weighted by molar-refractivity contribution is 9.10. The predicted octanol–water partition coefficient (Wildman–Crippen LogP) is 7.79. The van der Waals surface area contributed by atoms with Crippen LogP contribution >= 0.6 is 39.1 Å². The summed E-state index contributed by atoms with van der Waals surface area (Å²) >= 11 is 15.0. The van der Waals surface area contributed by atoms with E-state index in [4.69, 9.17) is 33.7 Å². The number of aromatic amines is 2. The molecule has 0 atom stereocenters. The smallest absolute Gasteiger partial charge is 0.103 e. The molecular weight excluding hydrogens is 495 g/mol. The molecule has 2 heterocycles. The van der Waals surface area contributed by atoms with Crippen molar-refractivity contribution >= 4 is 39.1 Å². The summed E-state index contributed by atoms with van der Waals surface area (Å²) in [6, 6.07) is 21.0. The molecular formula is C24H17BrCl2N4. The van der Waals surface area contributed by atoms with Crippen LogP contribution in [0.5, 0.6) is 0 Å². The van der Waals surface area contributed by atoms with Gasteiger partial charge in [0.1, 0.15) is 12.1 Å². The van der Waals surface area contributed by atoms with E-state index in [1.807, 2.05) is 68.4 Å². The van der Waals surface area contributed by atoms with Crippen LogP contribution < -0.4 is 0 Å². The number of rotatable bonds is 2. The van der Waals surface area contributed by atoms with Crippen LogP contribution in [0.25, 0.3) is 22.5 Å². The average Bonchev–Trinajstić information content (AvgIpc) is 3.28. The van der Waals surface area contributed by atoms with Crippen LogP contribution in [0, 0.1) is 36.5 Å². The van der Waals surface area contributed by atoms with Crippen LogP contribution in [-0.4, -0.2) is 9.97 Å². The first kappa shape index (κ1) is 22.7. The van der Waals surface area contributed by atoms with Crippen molar-refractivity contribution in [3.05, 3.63) is 91.6 Å². The summed E-state index contributed by atoms with van der Waals surface area (Å²) in [6.07, 6.45) is 0. The van der Waals surface area contributed by atoms with Crippen LogP contribution in [0.15, 0.2) is 59.1 Å². The van der Waals surface area contributed by atoms with E-state index in [-0.39, 0.29) is 0 Å². The summed E-state index contributed by atoms with van der Waals surface area (Å²) in [5, 5.41) is 19.4. The molecule has 2 N–H and O–H groups in total. The van der Waals surface area contributed by atoms with Gasteiger partial charge in [0.2, 0.25) is 0 Å². The SMILES string of the molecule is Cc1[nH]c(-c2ccc(Cl)cc2)c(C#N)c1Br.Cc1cc(C#N)c(-c2ccc(Cl)cc2)[nH]1. The largest absolute Gasteiger partial charge is 0.358 e. The van der Waals surface area contributed by atoms with Crippen LogP contribution in [0.2, 0.25) is 10.0 Å². The van der Waals surface area contributed by atoms with E-state index in [2.05, 4.69) is 38.0 Å². The average molecular weight is 512 g/mol. The summed E-state index contributed by atoms with van der Waals surface area (Å²) in [6.45, 7) is 3.85. The van der Waals surface area contributed by atoms with Crippen molar-refractivity contribution in [2.45, 2.75) is 13.8 Å². The Morgan fingerprint density at radius 2 is 1.29 bits per heavy atom. The number of nitrogens with one attached hydrogen (secondary N) is 2. The third kappa shape index (κ3) is 5.21. The standard InChI is InChI=1S/C12H8BrClN2.C12H9ClN2/c1-7-11(13)10(6-15)12(16-7)8-2-4-9(14)5-3-8;1-8-6-10(7-14)12(15-8)9-2-4-11(13)5-3-9/h2-5,16H,1H3;2-6,15H,1H3. The number of nitrogens with zero attached hydrogens (tertiary/aromatic N) is 2. The zero-order valence-electron chi connectivity index (χ0n) is 16.7. The Hall–Kier alpha value is -2.96. The van der Waals surface area contributed by atoms with E-state index in [1.165, 1.54) is 0 Å². The van der Waals surface area contributed by atoms with Crippen molar-refractivity contribution in [3.63, 3.8) is 0 Å². The Balaban J connectivity index is 0.000000176. The number of nitriles is 2. The van der Waals surface area contributed by atoms with E-state index < -0.39 is 0 Å². The zero-order chi connectivity index (χ0) is 22.5. The lowest BCUT2D eigenvalue weighted by molar-refractivity contribution is 1.26. The highest BCUT2D eigenvalue weighted by atomic mass is 79.9. The molecule has 0 aliphatic carbocycles.